The molecular formula is C14H28N2O2. The van der Waals surface area contributed by atoms with Crippen molar-refractivity contribution in [1.82, 2.24) is 10.2 Å². The van der Waals surface area contributed by atoms with Crippen LogP contribution < -0.4 is 5.32 Å². The first-order chi connectivity index (χ1) is 8.81. The molecule has 1 rings (SSSR count). The summed E-state index contributed by atoms with van der Waals surface area (Å²) in [6.45, 7) is 12.5. The van der Waals surface area contributed by atoms with Gasteiger partial charge in [0, 0.05) is 38.7 Å². The van der Waals surface area contributed by atoms with E-state index in [1.165, 1.54) is 6.42 Å². The molecule has 1 heterocycles. The van der Waals surface area contributed by atoms with Crippen LogP contribution in [0.15, 0.2) is 12.7 Å². The van der Waals surface area contributed by atoms with Gasteiger partial charge in [0.1, 0.15) is 0 Å². The van der Waals surface area contributed by atoms with Gasteiger partial charge in [-0.25, -0.2) is 0 Å². The van der Waals surface area contributed by atoms with Gasteiger partial charge >= 0.3 is 0 Å². The number of hydrogen-bond donors (Lipinski definition) is 1. The van der Waals surface area contributed by atoms with Gasteiger partial charge in [0.2, 0.25) is 0 Å². The molecule has 0 radical (unpaired) electrons. The van der Waals surface area contributed by atoms with Crippen molar-refractivity contribution in [1.29, 1.82) is 0 Å². The lowest BCUT2D eigenvalue weighted by atomic mass is 10.0. The SMILES string of the molecule is C=CCN(CCOC)CC1COCC1NCCC. The molecular weight excluding hydrogens is 228 g/mol. The Morgan fingerprint density at radius 3 is 3.00 bits per heavy atom. The minimum absolute atomic E-state index is 0.500. The summed E-state index contributed by atoms with van der Waals surface area (Å²) in [5.41, 5.74) is 0. The number of methoxy groups -OCH3 is 1. The molecule has 1 aliphatic rings. The second kappa shape index (κ2) is 9.50. The highest BCUT2D eigenvalue weighted by atomic mass is 16.5. The molecule has 106 valence electrons. The monoisotopic (exact) mass is 256 g/mol. The van der Waals surface area contributed by atoms with Gasteiger partial charge in [-0.05, 0) is 13.0 Å². The van der Waals surface area contributed by atoms with Gasteiger partial charge in [-0.2, -0.15) is 0 Å². The molecule has 2 unspecified atom stereocenters. The number of nitrogens with zero attached hydrogens (tertiary/aromatic N) is 1. The minimum atomic E-state index is 0.500. The minimum Gasteiger partial charge on any atom is -0.383 e. The summed E-state index contributed by atoms with van der Waals surface area (Å²) in [4.78, 5) is 2.39. The van der Waals surface area contributed by atoms with Crippen LogP contribution in [0, 0.1) is 5.92 Å². The lowest BCUT2D eigenvalue weighted by molar-refractivity contribution is 0.134. The first kappa shape index (κ1) is 15.6. The molecule has 1 aliphatic heterocycles. The summed E-state index contributed by atoms with van der Waals surface area (Å²) in [7, 11) is 1.75. The molecule has 1 N–H and O–H groups in total. The van der Waals surface area contributed by atoms with E-state index in [1.807, 2.05) is 6.08 Å². The maximum Gasteiger partial charge on any atom is 0.0623 e. The quantitative estimate of drug-likeness (QED) is 0.594. The van der Waals surface area contributed by atoms with E-state index >= 15 is 0 Å². The van der Waals surface area contributed by atoms with Gasteiger partial charge in [0.25, 0.3) is 0 Å². The fourth-order valence-electron chi connectivity index (χ4n) is 2.33. The number of ether oxygens (including phenoxy) is 2. The van der Waals surface area contributed by atoms with Crippen molar-refractivity contribution >= 4 is 0 Å². The average molecular weight is 256 g/mol. The van der Waals surface area contributed by atoms with E-state index in [1.54, 1.807) is 7.11 Å². The molecule has 4 nitrogen and oxygen atoms in total. The van der Waals surface area contributed by atoms with Crippen LogP contribution in [0.25, 0.3) is 0 Å². The van der Waals surface area contributed by atoms with E-state index in [0.717, 1.165) is 46.0 Å². The second-order valence-electron chi connectivity index (χ2n) is 4.90. The van der Waals surface area contributed by atoms with Gasteiger partial charge in [-0.15, -0.1) is 6.58 Å². The summed E-state index contributed by atoms with van der Waals surface area (Å²) < 4.78 is 10.8. The maximum absolute atomic E-state index is 5.60. The molecule has 0 bridgehead atoms. The smallest absolute Gasteiger partial charge is 0.0623 e. The Labute approximate surface area is 111 Å². The van der Waals surface area contributed by atoms with Crippen LogP contribution in [-0.4, -0.2) is 64.1 Å². The largest absolute Gasteiger partial charge is 0.383 e. The molecule has 1 saturated heterocycles. The van der Waals surface area contributed by atoms with Crippen LogP contribution in [0.3, 0.4) is 0 Å². The molecule has 0 aliphatic carbocycles. The fourth-order valence-corrected chi connectivity index (χ4v) is 2.33. The molecule has 0 spiro atoms. The molecule has 0 amide bonds. The van der Waals surface area contributed by atoms with Crippen molar-refractivity contribution in [3.63, 3.8) is 0 Å². The van der Waals surface area contributed by atoms with Crippen LogP contribution in [0.2, 0.25) is 0 Å². The first-order valence-electron chi connectivity index (χ1n) is 6.95. The van der Waals surface area contributed by atoms with Crippen LogP contribution in [0.5, 0.6) is 0 Å². The average Bonchev–Trinajstić information content (AvgIpc) is 2.81. The van der Waals surface area contributed by atoms with Gasteiger partial charge in [0.05, 0.1) is 19.8 Å². The third kappa shape index (κ3) is 5.48. The summed E-state index contributed by atoms with van der Waals surface area (Å²) in [6, 6.07) is 0.500. The molecule has 1 fully saturated rings. The zero-order valence-electron chi connectivity index (χ0n) is 11.9. The Balaban J connectivity index is 2.37. The normalized spacial score (nSPS) is 23.7. The lowest BCUT2D eigenvalue weighted by Crippen LogP contribution is -2.42. The standard InChI is InChI=1S/C14H28N2O2/c1-4-6-15-14-12-18-11-13(14)10-16(7-5-2)8-9-17-3/h5,13-15H,2,4,6-12H2,1,3H3. The number of rotatable bonds is 10. The Kier molecular flexibility index (Phi) is 8.25. The van der Waals surface area contributed by atoms with Crippen LogP contribution in [0.1, 0.15) is 13.3 Å². The summed E-state index contributed by atoms with van der Waals surface area (Å²) in [5.74, 6) is 0.577. The highest BCUT2D eigenvalue weighted by molar-refractivity contribution is 4.85. The Morgan fingerprint density at radius 1 is 1.50 bits per heavy atom. The molecule has 0 aromatic heterocycles. The van der Waals surface area contributed by atoms with Crippen molar-refractivity contribution in [3.8, 4) is 0 Å². The topological polar surface area (TPSA) is 33.7 Å². The summed E-state index contributed by atoms with van der Waals surface area (Å²) in [6.07, 6.45) is 3.13. The van der Waals surface area contributed by atoms with Crippen molar-refractivity contribution in [2.75, 3.05) is 53.1 Å². The van der Waals surface area contributed by atoms with Crippen molar-refractivity contribution in [3.05, 3.63) is 12.7 Å². The summed E-state index contributed by atoms with van der Waals surface area (Å²) in [5, 5.41) is 3.58. The molecule has 2 atom stereocenters. The highest BCUT2D eigenvalue weighted by Gasteiger charge is 2.28. The molecule has 0 aromatic carbocycles. The van der Waals surface area contributed by atoms with Gasteiger partial charge in [-0.3, -0.25) is 4.90 Å². The van der Waals surface area contributed by atoms with E-state index in [0.29, 0.717) is 12.0 Å². The van der Waals surface area contributed by atoms with E-state index in [4.69, 9.17) is 9.47 Å². The van der Waals surface area contributed by atoms with Crippen LogP contribution in [-0.2, 0) is 9.47 Å². The first-order valence-corrected chi connectivity index (χ1v) is 6.95. The predicted molar refractivity (Wildman–Crippen MR) is 74.9 cm³/mol. The van der Waals surface area contributed by atoms with Gasteiger partial charge in [0.15, 0.2) is 0 Å². The Hall–Kier alpha value is -0.420. The summed E-state index contributed by atoms with van der Waals surface area (Å²) >= 11 is 0. The third-order valence-corrected chi connectivity index (χ3v) is 3.35. The molecule has 4 heteroatoms. The van der Waals surface area contributed by atoms with E-state index in [2.05, 4.69) is 23.7 Å². The zero-order valence-corrected chi connectivity index (χ0v) is 11.9. The Bertz CT molecular complexity index is 224. The number of hydrogen-bond acceptors (Lipinski definition) is 4. The molecule has 0 saturated carbocycles. The van der Waals surface area contributed by atoms with Gasteiger partial charge < -0.3 is 14.8 Å². The third-order valence-electron chi connectivity index (χ3n) is 3.35. The zero-order chi connectivity index (χ0) is 13.2. The van der Waals surface area contributed by atoms with E-state index in [-0.39, 0.29) is 0 Å². The molecule has 0 aromatic rings. The highest BCUT2D eigenvalue weighted by Crippen LogP contribution is 2.15. The van der Waals surface area contributed by atoms with Crippen molar-refractivity contribution in [2.45, 2.75) is 19.4 Å². The van der Waals surface area contributed by atoms with Crippen LogP contribution >= 0.6 is 0 Å². The van der Waals surface area contributed by atoms with E-state index < -0.39 is 0 Å². The van der Waals surface area contributed by atoms with Crippen LogP contribution in [0.4, 0.5) is 0 Å². The molecule has 18 heavy (non-hydrogen) atoms. The van der Waals surface area contributed by atoms with E-state index in [9.17, 15) is 0 Å². The van der Waals surface area contributed by atoms with Crippen molar-refractivity contribution < 1.29 is 9.47 Å². The number of nitrogens with one attached hydrogen (secondary N) is 1. The predicted octanol–water partition coefficient (Wildman–Crippen LogP) is 1.14. The lowest BCUT2D eigenvalue weighted by Gasteiger charge is -2.26. The Morgan fingerprint density at radius 2 is 2.33 bits per heavy atom. The van der Waals surface area contributed by atoms with Crippen molar-refractivity contribution in [2.24, 2.45) is 5.92 Å². The maximum atomic E-state index is 5.60. The fraction of sp³-hybridized carbons (Fsp3) is 0.857. The van der Waals surface area contributed by atoms with Gasteiger partial charge in [-0.1, -0.05) is 13.0 Å². The second-order valence-corrected chi connectivity index (χ2v) is 4.90.